The van der Waals surface area contributed by atoms with Gasteiger partial charge in [-0.2, -0.15) is 18.2 Å². The summed E-state index contributed by atoms with van der Waals surface area (Å²) in [7, 11) is 1.78. The number of hydrogen-bond donors (Lipinski definition) is 2. The fourth-order valence-electron chi connectivity index (χ4n) is 3.29. The number of rotatable bonds is 4. The number of hydrogen-bond acceptors (Lipinski definition) is 7. The third-order valence-corrected chi connectivity index (χ3v) is 4.81. The Balaban J connectivity index is 1.36. The number of nitrogens with one attached hydrogen (secondary N) is 2. The molecular weight excluding hydrogens is 389 g/mol. The van der Waals surface area contributed by atoms with E-state index in [-0.39, 0.29) is 30.5 Å². The number of alkyl halides is 3. The molecule has 1 aliphatic carbocycles. The maximum Gasteiger partial charge on any atom is 0.433 e. The number of amides is 1. The number of halogens is 3. The highest BCUT2D eigenvalue weighted by Gasteiger charge is 2.35. The highest BCUT2D eigenvalue weighted by molar-refractivity contribution is 6.00. The molecule has 0 unspecified atom stereocenters. The number of carbonyl (C=O) groups excluding carboxylic acids is 1. The third-order valence-electron chi connectivity index (χ3n) is 4.81. The van der Waals surface area contributed by atoms with Gasteiger partial charge in [-0.25, -0.2) is 9.97 Å². The molecule has 1 aliphatic heterocycles. The number of aryl methyl sites for hydroxylation is 1. The van der Waals surface area contributed by atoms with Crippen molar-refractivity contribution in [1.29, 1.82) is 0 Å². The van der Waals surface area contributed by atoms with Crippen molar-refractivity contribution in [2.24, 2.45) is 0 Å². The van der Waals surface area contributed by atoms with Crippen LogP contribution in [0.4, 0.5) is 30.6 Å². The molecule has 154 valence electrons. The second kappa shape index (κ2) is 7.05. The molecule has 1 saturated carbocycles. The maximum absolute atomic E-state index is 12.7. The SMILES string of the molecule is Cc1nc(NC2CC(Oc3cccc(C(F)(F)F)n3)C2)nc2c1NC(=O)CN2C. The summed E-state index contributed by atoms with van der Waals surface area (Å²) in [5.41, 5.74) is 0.274. The highest BCUT2D eigenvalue weighted by Crippen LogP contribution is 2.33. The average Bonchev–Trinajstić information content (AvgIpc) is 2.60. The molecular formula is C18H19F3N6O2. The van der Waals surface area contributed by atoms with Gasteiger partial charge in [0.15, 0.2) is 5.82 Å². The zero-order valence-corrected chi connectivity index (χ0v) is 15.7. The van der Waals surface area contributed by atoms with Gasteiger partial charge in [-0.1, -0.05) is 6.07 Å². The van der Waals surface area contributed by atoms with Crippen LogP contribution in [0.5, 0.6) is 5.88 Å². The van der Waals surface area contributed by atoms with Crippen molar-refractivity contribution >= 4 is 23.4 Å². The molecule has 0 radical (unpaired) electrons. The molecule has 1 fully saturated rings. The van der Waals surface area contributed by atoms with Crippen molar-refractivity contribution in [2.75, 3.05) is 29.1 Å². The van der Waals surface area contributed by atoms with Gasteiger partial charge in [-0.3, -0.25) is 4.79 Å². The lowest BCUT2D eigenvalue weighted by atomic mass is 9.89. The quantitative estimate of drug-likeness (QED) is 0.803. The Kier molecular flexibility index (Phi) is 4.67. The summed E-state index contributed by atoms with van der Waals surface area (Å²) < 4.78 is 43.8. The van der Waals surface area contributed by atoms with Gasteiger partial charge in [-0.05, 0) is 13.0 Å². The van der Waals surface area contributed by atoms with E-state index in [0.29, 0.717) is 36.0 Å². The van der Waals surface area contributed by atoms with Gasteiger partial charge < -0.3 is 20.3 Å². The number of anilines is 3. The molecule has 2 aromatic rings. The summed E-state index contributed by atoms with van der Waals surface area (Å²) in [6.07, 6.45) is -3.56. The average molecular weight is 408 g/mol. The molecule has 2 N–H and O–H groups in total. The van der Waals surface area contributed by atoms with Gasteiger partial charge in [0.1, 0.15) is 17.5 Å². The van der Waals surface area contributed by atoms with Crippen LogP contribution in [0.2, 0.25) is 0 Å². The van der Waals surface area contributed by atoms with E-state index in [9.17, 15) is 18.0 Å². The van der Waals surface area contributed by atoms with Gasteiger partial charge in [-0.15, -0.1) is 0 Å². The van der Waals surface area contributed by atoms with Crippen LogP contribution in [-0.4, -0.2) is 46.6 Å². The lowest BCUT2D eigenvalue weighted by Gasteiger charge is -2.36. The Hall–Kier alpha value is -3.11. The first-order valence-corrected chi connectivity index (χ1v) is 9.06. The fraction of sp³-hybridized carbons (Fsp3) is 0.444. The van der Waals surface area contributed by atoms with E-state index in [1.807, 2.05) is 0 Å². The summed E-state index contributed by atoms with van der Waals surface area (Å²) >= 11 is 0. The van der Waals surface area contributed by atoms with Gasteiger partial charge in [0.05, 0.1) is 12.2 Å². The molecule has 0 saturated heterocycles. The van der Waals surface area contributed by atoms with E-state index in [1.54, 1.807) is 18.9 Å². The van der Waals surface area contributed by atoms with E-state index in [4.69, 9.17) is 4.74 Å². The third kappa shape index (κ3) is 4.03. The second-order valence-electron chi connectivity index (χ2n) is 7.15. The van der Waals surface area contributed by atoms with E-state index in [0.717, 1.165) is 6.07 Å². The highest BCUT2D eigenvalue weighted by atomic mass is 19.4. The van der Waals surface area contributed by atoms with Crippen molar-refractivity contribution in [3.8, 4) is 5.88 Å². The fourth-order valence-corrected chi connectivity index (χ4v) is 3.29. The van der Waals surface area contributed by atoms with Gasteiger partial charge in [0.2, 0.25) is 17.7 Å². The molecule has 2 aromatic heterocycles. The zero-order valence-electron chi connectivity index (χ0n) is 15.7. The Morgan fingerprint density at radius 2 is 2.00 bits per heavy atom. The predicted octanol–water partition coefficient (Wildman–Crippen LogP) is 2.61. The van der Waals surface area contributed by atoms with Gasteiger partial charge in [0.25, 0.3) is 0 Å². The first-order valence-electron chi connectivity index (χ1n) is 9.06. The van der Waals surface area contributed by atoms with Crippen molar-refractivity contribution in [3.63, 3.8) is 0 Å². The number of ether oxygens (including phenoxy) is 1. The molecule has 3 heterocycles. The minimum absolute atomic E-state index is 0.0340. The molecule has 0 spiro atoms. The lowest BCUT2D eigenvalue weighted by molar-refractivity contribution is -0.141. The van der Waals surface area contributed by atoms with Crippen LogP contribution in [0.15, 0.2) is 18.2 Å². The molecule has 0 atom stereocenters. The van der Waals surface area contributed by atoms with Crippen LogP contribution >= 0.6 is 0 Å². The minimum Gasteiger partial charge on any atom is -0.474 e. The second-order valence-corrected chi connectivity index (χ2v) is 7.15. The van der Waals surface area contributed by atoms with Crippen LogP contribution in [0.25, 0.3) is 0 Å². The van der Waals surface area contributed by atoms with Crippen LogP contribution in [0, 0.1) is 6.92 Å². The number of carbonyl (C=O) groups is 1. The molecule has 0 aromatic carbocycles. The van der Waals surface area contributed by atoms with Crippen LogP contribution in [0.1, 0.15) is 24.2 Å². The Labute approximate surface area is 164 Å². The van der Waals surface area contributed by atoms with Crippen LogP contribution in [-0.2, 0) is 11.0 Å². The van der Waals surface area contributed by atoms with Crippen molar-refractivity contribution < 1.29 is 22.7 Å². The van der Waals surface area contributed by atoms with E-state index < -0.39 is 11.9 Å². The first-order chi connectivity index (χ1) is 13.7. The summed E-state index contributed by atoms with van der Waals surface area (Å²) in [6.45, 7) is 2.00. The summed E-state index contributed by atoms with van der Waals surface area (Å²) in [6, 6.07) is 3.63. The number of fused-ring (bicyclic) bond motifs is 1. The largest absolute Gasteiger partial charge is 0.474 e. The number of likely N-dealkylation sites (N-methyl/N-ethyl adjacent to an activating group) is 1. The van der Waals surface area contributed by atoms with E-state index in [1.165, 1.54) is 12.1 Å². The van der Waals surface area contributed by atoms with Crippen molar-refractivity contribution in [2.45, 2.75) is 38.1 Å². The minimum atomic E-state index is -4.50. The summed E-state index contributed by atoms with van der Waals surface area (Å²) in [5.74, 6) is 0.917. The van der Waals surface area contributed by atoms with E-state index >= 15 is 0 Å². The molecule has 11 heteroatoms. The topological polar surface area (TPSA) is 92.3 Å². The molecule has 4 rings (SSSR count). The normalized spacial score (nSPS) is 21.1. The van der Waals surface area contributed by atoms with E-state index in [2.05, 4.69) is 25.6 Å². The molecule has 29 heavy (non-hydrogen) atoms. The number of nitrogens with zero attached hydrogens (tertiary/aromatic N) is 4. The van der Waals surface area contributed by atoms with Gasteiger partial charge >= 0.3 is 6.18 Å². The van der Waals surface area contributed by atoms with Crippen molar-refractivity contribution in [1.82, 2.24) is 15.0 Å². The summed E-state index contributed by atoms with van der Waals surface area (Å²) in [4.78, 5) is 25.8. The number of pyridine rings is 1. The van der Waals surface area contributed by atoms with Gasteiger partial charge in [0, 0.05) is 32.0 Å². The van der Waals surface area contributed by atoms with Crippen LogP contribution in [0.3, 0.4) is 0 Å². The molecule has 8 nitrogen and oxygen atoms in total. The first kappa shape index (κ1) is 19.2. The monoisotopic (exact) mass is 408 g/mol. The molecule has 2 aliphatic rings. The Bertz CT molecular complexity index is 946. The zero-order chi connectivity index (χ0) is 20.8. The smallest absolute Gasteiger partial charge is 0.433 e. The maximum atomic E-state index is 12.7. The standard InChI is InChI=1S/C18H19F3N6O2/c1-9-15-16(27(2)8-13(28)25-15)26-17(22-9)23-10-6-11(7-10)29-14-5-3-4-12(24-14)18(19,20)21/h3-5,10-11H,6-8H2,1-2H3,(H,25,28)(H,22,23,26). The molecule has 0 bridgehead atoms. The lowest BCUT2D eigenvalue weighted by Crippen LogP contribution is -2.43. The Morgan fingerprint density at radius 1 is 1.24 bits per heavy atom. The molecule has 1 amide bonds. The van der Waals surface area contributed by atoms with Crippen molar-refractivity contribution in [3.05, 3.63) is 29.6 Å². The van der Waals surface area contributed by atoms with Crippen LogP contribution < -0.4 is 20.3 Å². The Morgan fingerprint density at radius 3 is 2.72 bits per heavy atom. The predicted molar refractivity (Wildman–Crippen MR) is 99.0 cm³/mol. The summed E-state index contributed by atoms with van der Waals surface area (Å²) in [5, 5.41) is 5.99. The number of aromatic nitrogens is 3.